The average molecular weight is 225 g/mol. The zero-order chi connectivity index (χ0) is 10.9. The Morgan fingerprint density at radius 2 is 1.87 bits per heavy atom. The van der Waals surface area contributed by atoms with Gasteiger partial charge in [0.05, 0.1) is 6.26 Å². The van der Waals surface area contributed by atoms with Crippen molar-refractivity contribution in [1.82, 2.24) is 4.31 Å². The largest absolute Gasteiger partial charge is 0.212 e. The van der Waals surface area contributed by atoms with Crippen LogP contribution in [0.25, 0.3) is 0 Å². The maximum Gasteiger partial charge on any atom is 0.211 e. The number of nitrogens with zero attached hydrogens (tertiary/aromatic N) is 1. The Hall–Kier alpha value is -0.870. The van der Waals surface area contributed by atoms with Crippen molar-refractivity contribution >= 4 is 10.0 Å². The lowest BCUT2D eigenvalue weighted by molar-refractivity contribution is 0.414. The first-order valence-corrected chi connectivity index (χ1v) is 6.94. The molecule has 1 heterocycles. The SMILES string of the molecule is CS(=O)(=O)N1CCCc2ccccc2C1. The maximum absolute atomic E-state index is 11.5. The van der Waals surface area contributed by atoms with Crippen molar-refractivity contribution in [3.05, 3.63) is 35.4 Å². The van der Waals surface area contributed by atoms with E-state index in [1.54, 1.807) is 4.31 Å². The fourth-order valence-electron chi connectivity index (χ4n) is 1.95. The van der Waals surface area contributed by atoms with E-state index in [9.17, 15) is 8.42 Å². The second-order valence-electron chi connectivity index (χ2n) is 3.97. The lowest BCUT2D eigenvalue weighted by atomic mass is 10.0. The third-order valence-electron chi connectivity index (χ3n) is 2.79. The summed E-state index contributed by atoms with van der Waals surface area (Å²) in [7, 11) is -3.06. The van der Waals surface area contributed by atoms with Crippen LogP contribution in [0.5, 0.6) is 0 Å². The van der Waals surface area contributed by atoms with Gasteiger partial charge in [-0.3, -0.25) is 0 Å². The van der Waals surface area contributed by atoms with E-state index < -0.39 is 10.0 Å². The fourth-order valence-corrected chi connectivity index (χ4v) is 2.79. The van der Waals surface area contributed by atoms with Crippen LogP contribution in [0.1, 0.15) is 17.5 Å². The van der Waals surface area contributed by atoms with E-state index in [0.29, 0.717) is 13.1 Å². The minimum Gasteiger partial charge on any atom is -0.212 e. The van der Waals surface area contributed by atoms with E-state index in [0.717, 1.165) is 18.4 Å². The summed E-state index contributed by atoms with van der Waals surface area (Å²) in [5.74, 6) is 0. The first-order valence-electron chi connectivity index (χ1n) is 5.09. The van der Waals surface area contributed by atoms with Crippen molar-refractivity contribution in [2.75, 3.05) is 12.8 Å². The molecule has 15 heavy (non-hydrogen) atoms. The van der Waals surface area contributed by atoms with Gasteiger partial charge in [0, 0.05) is 13.1 Å². The third-order valence-corrected chi connectivity index (χ3v) is 4.04. The molecule has 0 aliphatic carbocycles. The molecule has 0 bridgehead atoms. The van der Waals surface area contributed by atoms with E-state index in [2.05, 4.69) is 6.07 Å². The number of fused-ring (bicyclic) bond motifs is 1. The van der Waals surface area contributed by atoms with Crippen molar-refractivity contribution in [2.24, 2.45) is 0 Å². The third kappa shape index (κ3) is 2.38. The van der Waals surface area contributed by atoms with Gasteiger partial charge in [-0.25, -0.2) is 8.42 Å². The Bertz CT molecular complexity index is 453. The first-order chi connectivity index (χ1) is 7.07. The van der Waals surface area contributed by atoms with Crippen LogP contribution in [-0.2, 0) is 23.0 Å². The number of benzene rings is 1. The van der Waals surface area contributed by atoms with Gasteiger partial charge in [0.15, 0.2) is 0 Å². The van der Waals surface area contributed by atoms with Gasteiger partial charge in [0.2, 0.25) is 10.0 Å². The van der Waals surface area contributed by atoms with Crippen LogP contribution in [0.2, 0.25) is 0 Å². The predicted molar refractivity (Wildman–Crippen MR) is 60.0 cm³/mol. The standard InChI is InChI=1S/C11H15NO2S/c1-15(13,14)12-8-4-7-10-5-2-3-6-11(10)9-12/h2-3,5-6H,4,7-9H2,1H3. The van der Waals surface area contributed by atoms with E-state index in [-0.39, 0.29) is 0 Å². The molecule has 0 radical (unpaired) electrons. The number of sulfonamides is 1. The molecule has 0 saturated heterocycles. The number of hydrogen-bond acceptors (Lipinski definition) is 2. The summed E-state index contributed by atoms with van der Waals surface area (Å²) < 4.78 is 24.5. The molecule has 0 aromatic heterocycles. The number of aryl methyl sites for hydroxylation is 1. The van der Waals surface area contributed by atoms with Crippen molar-refractivity contribution in [3.63, 3.8) is 0 Å². The Morgan fingerprint density at radius 1 is 1.20 bits per heavy atom. The van der Waals surface area contributed by atoms with Crippen molar-refractivity contribution < 1.29 is 8.42 Å². The smallest absolute Gasteiger partial charge is 0.211 e. The van der Waals surface area contributed by atoms with E-state index in [4.69, 9.17) is 0 Å². The zero-order valence-electron chi connectivity index (χ0n) is 8.81. The topological polar surface area (TPSA) is 37.4 Å². The van der Waals surface area contributed by atoms with E-state index in [1.807, 2.05) is 18.2 Å². The number of rotatable bonds is 1. The van der Waals surface area contributed by atoms with Gasteiger partial charge in [0.25, 0.3) is 0 Å². The molecule has 1 aromatic rings. The van der Waals surface area contributed by atoms with Gasteiger partial charge in [-0.05, 0) is 24.0 Å². The van der Waals surface area contributed by atoms with Gasteiger partial charge in [-0.2, -0.15) is 4.31 Å². The van der Waals surface area contributed by atoms with Gasteiger partial charge in [0.1, 0.15) is 0 Å². The highest BCUT2D eigenvalue weighted by atomic mass is 32.2. The normalized spacial score (nSPS) is 18.2. The fraction of sp³-hybridized carbons (Fsp3) is 0.455. The van der Waals surface area contributed by atoms with Crippen LogP contribution in [0.3, 0.4) is 0 Å². The molecule has 82 valence electrons. The molecule has 0 saturated carbocycles. The van der Waals surface area contributed by atoms with Gasteiger partial charge < -0.3 is 0 Å². The Balaban J connectivity index is 2.33. The van der Waals surface area contributed by atoms with Crippen LogP contribution < -0.4 is 0 Å². The second kappa shape index (κ2) is 3.94. The molecule has 0 N–H and O–H groups in total. The van der Waals surface area contributed by atoms with Crippen LogP contribution in [0.4, 0.5) is 0 Å². The molecule has 0 atom stereocenters. The van der Waals surface area contributed by atoms with Crippen LogP contribution in [0, 0.1) is 0 Å². The summed E-state index contributed by atoms with van der Waals surface area (Å²) in [6.45, 7) is 1.16. The van der Waals surface area contributed by atoms with Crippen molar-refractivity contribution in [3.8, 4) is 0 Å². The second-order valence-corrected chi connectivity index (χ2v) is 5.95. The van der Waals surface area contributed by atoms with Crippen LogP contribution >= 0.6 is 0 Å². The highest BCUT2D eigenvalue weighted by Gasteiger charge is 2.20. The Labute approximate surface area is 90.8 Å². The molecule has 1 aromatic carbocycles. The summed E-state index contributed by atoms with van der Waals surface area (Å²) in [5, 5.41) is 0. The molecule has 4 heteroatoms. The zero-order valence-corrected chi connectivity index (χ0v) is 9.63. The summed E-state index contributed by atoms with van der Waals surface area (Å²) in [4.78, 5) is 0. The summed E-state index contributed by atoms with van der Waals surface area (Å²) in [5.41, 5.74) is 2.42. The molecular formula is C11H15NO2S. The lowest BCUT2D eigenvalue weighted by Crippen LogP contribution is -2.29. The highest BCUT2D eigenvalue weighted by molar-refractivity contribution is 7.88. The predicted octanol–water partition coefficient (Wildman–Crippen LogP) is 1.39. The van der Waals surface area contributed by atoms with Gasteiger partial charge in [-0.15, -0.1) is 0 Å². The van der Waals surface area contributed by atoms with E-state index in [1.165, 1.54) is 11.8 Å². The van der Waals surface area contributed by atoms with Gasteiger partial charge in [-0.1, -0.05) is 24.3 Å². The number of hydrogen-bond donors (Lipinski definition) is 0. The van der Waals surface area contributed by atoms with Crippen molar-refractivity contribution in [1.29, 1.82) is 0 Å². The molecule has 0 unspecified atom stereocenters. The lowest BCUT2D eigenvalue weighted by Gasteiger charge is -2.17. The molecule has 0 amide bonds. The summed E-state index contributed by atoms with van der Waals surface area (Å²) in [6.07, 6.45) is 3.16. The van der Waals surface area contributed by atoms with Gasteiger partial charge >= 0.3 is 0 Å². The highest BCUT2D eigenvalue weighted by Crippen LogP contribution is 2.19. The first kappa shape index (κ1) is 10.6. The minimum absolute atomic E-state index is 0.523. The van der Waals surface area contributed by atoms with Crippen LogP contribution in [0.15, 0.2) is 24.3 Å². The minimum atomic E-state index is -3.06. The van der Waals surface area contributed by atoms with Crippen LogP contribution in [-0.4, -0.2) is 25.5 Å². The molecule has 1 aliphatic heterocycles. The Kier molecular flexibility index (Phi) is 2.80. The molecule has 2 rings (SSSR count). The molecule has 3 nitrogen and oxygen atoms in total. The molecular weight excluding hydrogens is 210 g/mol. The summed E-state index contributed by atoms with van der Waals surface area (Å²) >= 11 is 0. The molecule has 0 spiro atoms. The maximum atomic E-state index is 11.5. The summed E-state index contributed by atoms with van der Waals surface area (Å²) in [6, 6.07) is 8.07. The molecule has 1 aliphatic rings. The van der Waals surface area contributed by atoms with E-state index >= 15 is 0 Å². The Morgan fingerprint density at radius 3 is 2.53 bits per heavy atom. The molecule has 0 fully saturated rings. The average Bonchev–Trinajstić information content (AvgIpc) is 2.38. The van der Waals surface area contributed by atoms with Crippen molar-refractivity contribution in [2.45, 2.75) is 19.4 Å². The quantitative estimate of drug-likeness (QED) is 0.724. The monoisotopic (exact) mass is 225 g/mol.